The molecule has 0 saturated heterocycles. The Labute approximate surface area is 74.8 Å². The van der Waals surface area contributed by atoms with Gasteiger partial charge in [0, 0.05) is 11.9 Å². The van der Waals surface area contributed by atoms with Gasteiger partial charge in [0.25, 0.3) is 0 Å². The van der Waals surface area contributed by atoms with E-state index in [2.05, 4.69) is 38.7 Å². The number of nitrogens with zero attached hydrogens (tertiary/aromatic N) is 1. The van der Waals surface area contributed by atoms with Crippen LogP contribution in [0.2, 0.25) is 0 Å². The van der Waals surface area contributed by atoms with Crippen molar-refractivity contribution in [2.45, 2.75) is 40.0 Å². The Kier molecular flexibility index (Phi) is 2.85. The van der Waals surface area contributed by atoms with Gasteiger partial charge in [0.1, 0.15) is 0 Å². The lowest BCUT2D eigenvalue weighted by Gasteiger charge is -2.09. The third kappa shape index (κ3) is 1.84. The van der Waals surface area contributed by atoms with Crippen molar-refractivity contribution in [3.05, 3.63) is 29.1 Å². The standard InChI is InChI=1S/C11H17N/c1-5-8(2)11-6-9(3)10(4)12-7-11/h6-8H,5H2,1-4H3/t8-/m1/s1. The highest BCUT2D eigenvalue weighted by Crippen LogP contribution is 2.19. The number of hydrogen-bond donors (Lipinski definition) is 0. The summed E-state index contributed by atoms with van der Waals surface area (Å²) < 4.78 is 0. The average molecular weight is 163 g/mol. The monoisotopic (exact) mass is 163 g/mol. The fourth-order valence-electron chi connectivity index (χ4n) is 1.17. The average Bonchev–Trinajstić information content (AvgIpc) is 2.08. The number of pyridine rings is 1. The molecule has 0 saturated carbocycles. The summed E-state index contributed by atoms with van der Waals surface area (Å²) in [5.74, 6) is 0.636. The van der Waals surface area contributed by atoms with Crippen molar-refractivity contribution in [2.24, 2.45) is 0 Å². The van der Waals surface area contributed by atoms with Crippen molar-refractivity contribution >= 4 is 0 Å². The quantitative estimate of drug-likeness (QED) is 0.652. The maximum absolute atomic E-state index is 4.35. The van der Waals surface area contributed by atoms with Gasteiger partial charge in [-0.1, -0.05) is 19.9 Å². The molecule has 12 heavy (non-hydrogen) atoms. The largest absolute Gasteiger partial charge is 0.261 e. The van der Waals surface area contributed by atoms with Gasteiger partial charge in [-0.15, -0.1) is 0 Å². The predicted octanol–water partition coefficient (Wildman–Crippen LogP) is 3.21. The van der Waals surface area contributed by atoms with Crippen LogP contribution in [-0.4, -0.2) is 4.98 Å². The van der Waals surface area contributed by atoms with Crippen molar-refractivity contribution in [3.63, 3.8) is 0 Å². The minimum Gasteiger partial charge on any atom is -0.261 e. The first-order valence-corrected chi connectivity index (χ1v) is 4.58. The minimum absolute atomic E-state index is 0.636. The zero-order valence-corrected chi connectivity index (χ0v) is 8.39. The number of aromatic nitrogens is 1. The van der Waals surface area contributed by atoms with Gasteiger partial charge in [-0.3, -0.25) is 4.98 Å². The van der Waals surface area contributed by atoms with E-state index in [0.717, 1.165) is 5.69 Å². The molecular formula is C11H17N. The Morgan fingerprint density at radius 2 is 2.08 bits per heavy atom. The van der Waals surface area contributed by atoms with Crippen molar-refractivity contribution in [1.29, 1.82) is 0 Å². The summed E-state index contributed by atoms with van der Waals surface area (Å²) in [5.41, 5.74) is 3.80. The molecule has 0 aliphatic carbocycles. The molecule has 1 nitrogen and oxygen atoms in total. The minimum atomic E-state index is 0.636. The second-order valence-corrected chi connectivity index (χ2v) is 3.48. The maximum Gasteiger partial charge on any atom is 0.0401 e. The Morgan fingerprint density at radius 3 is 2.58 bits per heavy atom. The first kappa shape index (κ1) is 9.24. The molecule has 1 heterocycles. The summed E-state index contributed by atoms with van der Waals surface area (Å²) >= 11 is 0. The molecule has 1 heteroatoms. The van der Waals surface area contributed by atoms with Crippen molar-refractivity contribution in [1.82, 2.24) is 4.98 Å². The zero-order chi connectivity index (χ0) is 9.14. The summed E-state index contributed by atoms with van der Waals surface area (Å²) in [4.78, 5) is 4.35. The zero-order valence-electron chi connectivity index (χ0n) is 8.39. The van der Waals surface area contributed by atoms with Gasteiger partial charge in [0.2, 0.25) is 0 Å². The van der Waals surface area contributed by atoms with Crippen LogP contribution in [0, 0.1) is 13.8 Å². The molecule has 0 aromatic carbocycles. The third-order valence-electron chi connectivity index (χ3n) is 2.54. The molecule has 0 spiro atoms. The van der Waals surface area contributed by atoms with Crippen LogP contribution < -0.4 is 0 Å². The number of hydrogen-bond acceptors (Lipinski definition) is 1. The summed E-state index contributed by atoms with van der Waals surface area (Å²) in [6.45, 7) is 8.62. The molecule has 0 N–H and O–H groups in total. The summed E-state index contributed by atoms with van der Waals surface area (Å²) in [6, 6.07) is 2.25. The smallest absolute Gasteiger partial charge is 0.0401 e. The fourth-order valence-corrected chi connectivity index (χ4v) is 1.17. The van der Waals surface area contributed by atoms with E-state index in [1.165, 1.54) is 17.5 Å². The first-order chi connectivity index (χ1) is 5.65. The summed E-state index contributed by atoms with van der Waals surface area (Å²) in [6.07, 6.45) is 3.18. The lowest BCUT2D eigenvalue weighted by molar-refractivity contribution is 0.727. The molecule has 0 amide bonds. The summed E-state index contributed by atoms with van der Waals surface area (Å²) in [5, 5.41) is 0. The molecule has 0 bridgehead atoms. The topological polar surface area (TPSA) is 12.9 Å². The van der Waals surface area contributed by atoms with Crippen molar-refractivity contribution in [2.75, 3.05) is 0 Å². The fraction of sp³-hybridized carbons (Fsp3) is 0.545. The lowest BCUT2D eigenvalue weighted by atomic mass is 9.99. The Balaban J connectivity index is 2.96. The van der Waals surface area contributed by atoms with Gasteiger partial charge < -0.3 is 0 Å². The van der Waals surface area contributed by atoms with Crippen LogP contribution in [0.4, 0.5) is 0 Å². The van der Waals surface area contributed by atoms with Crippen LogP contribution in [0.3, 0.4) is 0 Å². The molecule has 1 rings (SSSR count). The van der Waals surface area contributed by atoms with E-state index in [4.69, 9.17) is 0 Å². The molecular weight excluding hydrogens is 146 g/mol. The normalized spacial score (nSPS) is 13.0. The SMILES string of the molecule is CC[C@@H](C)c1cnc(C)c(C)c1. The Morgan fingerprint density at radius 1 is 1.42 bits per heavy atom. The molecule has 1 atom stereocenters. The van der Waals surface area contributed by atoms with E-state index in [1.807, 2.05) is 6.20 Å². The van der Waals surface area contributed by atoms with Crippen molar-refractivity contribution < 1.29 is 0 Å². The molecule has 0 fully saturated rings. The molecule has 1 aromatic heterocycles. The highest BCUT2D eigenvalue weighted by molar-refractivity contribution is 5.25. The summed E-state index contributed by atoms with van der Waals surface area (Å²) in [7, 11) is 0. The molecule has 0 aliphatic rings. The molecule has 0 aliphatic heterocycles. The van der Waals surface area contributed by atoms with E-state index in [-0.39, 0.29) is 0 Å². The van der Waals surface area contributed by atoms with Crippen LogP contribution in [0.1, 0.15) is 43.0 Å². The maximum atomic E-state index is 4.35. The molecule has 0 radical (unpaired) electrons. The van der Waals surface area contributed by atoms with Gasteiger partial charge in [-0.2, -0.15) is 0 Å². The van der Waals surface area contributed by atoms with Gasteiger partial charge in [0.05, 0.1) is 0 Å². The highest BCUT2D eigenvalue weighted by Gasteiger charge is 2.03. The number of rotatable bonds is 2. The van der Waals surface area contributed by atoms with Gasteiger partial charge in [0.15, 0.2) is 0 Å². The van der Waals surface area contributed by atoms with Crippen LogP contribution in [-0.2, 0) is 0 Å². The van der Waals surface area contributed by atoms with Crippen LogP contribution in [0.25, 0.3) is 0 Å². The molecule has 0 unspecified atom stereocenters. The van der Waals surface area contributed by atoms with E-state index >= 15 is 0 Å². The third-order valence-corrected chi connectivity index (χ3v) is 2.54. The van der Waals surface area contributed by atoms with E-state index < -0.39 is 0 Å². The lowest BCUT2D eigenvalue weighted by Crippen LogP contribution is -1.95. The van der Waals surface area contributed by atoms with Gasteiger partial charge in [-0.25, -0.2) is 0 Å². The Hall–Kier alpha value is -0.850. The van der Waals surface area contributed by atoms with E-state index in [9.17, 15) is 0 Å². The number of aryl methyl sites for hydroxylation is 2. The highest BCUT2D eigenvalue weighted by atomic mass is 14.7. The predicted molar refractivity (Wildman–Crippen MR) is 52.4 cm³/mol. The second-order valence-electron chi connectivity index (χ2n) is 3.48. The Bertz CT molecular complexity index is 266. The van der Waals surface area contributed by atoms with Crippen molar-refractivity contribution in [3.8, 4) is 0 Å². The second kappa shape index (κ2) is 3.70. The first-order valence-electron chi connectivity index (χ1n) is 4.58. The van der Waals surface area contributed by atoms with Gasteiger partial charge >= 0.3 is 0 Å². The van der Waals surface area contributed by atoms with Crippen LogP contribution in [0.15, 0.2) is 12.3 Å². The van der Waals surface area contributed by atoms with Gasteiger partial charge in [-0.05, 0) is 37.3 Å². The molecule has 1 aromatic rings. The van der Waals surface area contributed by atoms with E-state index in [0.29, 0.717) is 5.92 Å². The van der Waals surface area contributed by atoms with Crippen LogP contribution in [0.5, 0.6) is 0 Å². The van der Waals surface area contributed by atoms with E-state index in [1.54, 1.807) is 0 Å². The molecule has 66 valence electrons. The van der Waals surface area contributed by atoms with Crippen LogP contribution >= 0.6 is 0 Å².